The Balaban J connectivity index is 2.28. The van der Waals surface area contributed by atoms with Crippen LogP contribution in [0, 0.1) is 13.8 Å². The van der Waals surface area contributed by atoms with Crippen LogP contribution in [0.25, 0.3) is 0 Å². The summed E-state index contributed by atoms with van der Waals surface area (Å²) in [6.45, 7) is 7.18. The zero-order valence-electron chi connectivity index (χ0n) is 12.8. The predicted octanol–water partition coefficient (Wildman–Crippen LogP) is 1.98. The summed E-state index contributed by atoms with van der Waals surface area (Å²) in [5, 5.41) is 0. The maximum atomic E-state index is 11.5. The Kier molecular flexibility index (Phi) is 4.33. The lowest BCUT2D eigenvalue weighted by atomic mass is 9.84. The van der Waals surface area contributed by atoms with Crippen molar-refractivity contribution in [1.82, 2.24) is 4.90 Å². The SMILES string of the molecule is COc1cc(C)c(C)cc1C1CCN(C(C)=O)CC1N. The molecule has 2 N–H and O–H groups in total. The number of hydrogen-bond acceptors (Lipinski definition) is 3. The average Bonchev–Trinajstić information content (AvgIpc) is 2.41. The fraction of sp³-hybridized carbons (Fsp3) is 0.562. The molecule has 0 saturated carbocycles. The first-order valence-electron chi connectivity index (χ1n) is 7.10. The van der Waals surface area contributed by atoms with Crippen LogP contribution in [0.5, 0.6) is 5.75 Å². The number of aryl methyl sites for hydroxylation is 2. The summed E-state index contributed by atoms with van der Waals surface area (Å²) < 4.78 is 5.52. The number of ether oxygens (including phenoxy) is 1. The largest absolute Gasteiger partial charge is 0.496 e. The highest BCUT2D eigenvalue weighted by molar-refractivity contribution is 5.73. The van der Waals surface area contributed by atoms with Crippen molar-refractivity contribution in [2.24, 2.45) is 5.73 Å². The number of carbonyl (C=O) groups is 1. The molecule has 2 rings (SSSR count). The van der Waals surface area contributed by atoms with E-state index in [4.69, 9.17) is 10.5 Å². The van der Waals surface area contributed by atoms with Crippen molar-refractivity contribution >= 4 is 5.91 Å². The fourth-order valence-corrected chi connectivity index (χ4v) is 2.93. The van der Waals surface area contributed by atoms with E-state index < -0.39 is 0 Å². The minimum absolute atomic E-state index is 0.0383. The van der Waals surface area contributed by atoms with Crippen LogP contribution < -0.4 is 10.5 Å². The topological polar surface area (TPSA) is 55.6 Å². The molecule has 0 bridgehead atoms. The van der Waals surface area contributed by atoms with E-state index in [9.17, 15) is 4.79 Å². The summed E-state index contributed by atoms with van der Waals surface area (Å²) in [6.07, 6.45) is 0.888. The third-order valence-corrected chi connectivity index (χ3v) is 4.35. The van der Waals surface area contributed by atoms with Crippen molar-refractivity contribution in [2.45, 2.75) is 39.2 Å². The number of piperidine rings is 1. The van der Waals surface area contributed by atoms with Crippen molar-refractivity contribution in [2.75, 3.05) is 20.2 Å². The van der Waals surface area contributed by atoms with Crippen molar-refractivity contribution in [3.8, 4) is 5.75 Å². The molecule has 110 valence electrons. The molecule has 0 radical (unpaired) electrons. The second kappa shape index (κ2) is 5.83. The lowest BCUT2D eigenvalue weighted by Gasteiger charge is -2.37. The van der Waals surface area contributed by atoms with E-state index >= 15 is 0 Å². The van der Waals surface area contributed by atoms with Crippen molar-refractivity contribution in [3.05, 3.63) is 28.8 Å². The van der Waals surface area contributed by atoms with E-state index in [0.29, 0.717) is 6.54 Å². The number of carbonyl (C=O) groups excluding carboxylic acids is 1. The Hall–Kier alpha value is -1.55. The van der Waals surface area contributed by atoms with Gasteiger partial charge in [-0.1, -0.05) is 6.07 Å². The van der Waals surface area contributed by atoms with Gasteiger partial charge in [-0.15, -0.1) is 0 Å². The zero-order valence-corrected chi connectivity index (χ0v) is 12.8. The van der Waals surface area contributed by atoms with Gasteiger partial charge in [0, 0.05) is 32.0 Å². The molecule has 1 saturated heterocycles. The standard InChI is InChI=1S/C16H24N2O2/c1-10-7-14(16(20-4)8-11(10)2)13-5-6-18(12(3)19)9-15(13)17/h7-8,13,15H,5-6,9,17H2,1-4H3. The highest BCUT2D eigenvalue weighted by Crippen LogP contribution is 2.35. The third kappa shape index (κ3) is 2.80. The van der Waals surface area contributed by atoms with Crippen molar-refractivity contribution in [3.63, 3.8) is 0 Å². The summed E-state index contributed by atoms with van der Waals surface area (Å²) in [5.74, 6) is 1.26. The molecule has 2 atom stereocenters. The molecule has 0 aromatic heterocycles. The molecule has 2 unspecified atom stereocenters. The number of hydrogen-bond donors (Lipinski definition) is 1. The summed E-state index contributed by atoms with van der Waals surface area (Å²) in [5.41, 5.74) is 9.95. The van der Waals surface area contributed by atoms with Crippen LogP contribution in [0.2, 0.25) is 0 Å². The first-order chi connectivity index (χ1) is 9.43. The molecular weight excluding hydrogens is 252 g/mol. The molecule has 1 amide bonds. The first kappa shape index (κ1) is 14.9. The smallest absolute Gasteiger partial charge is 0.219 e. The quantitative estimate of drug-likeness (QED) is 0.898. The molecule has 0 spiro atoms. The molecule has 1 aliphatic heterocycles. The molecule has 0 aliphatic carbocycles. The van der Waals surface area contributed by atoms with Gasteiger partial charge in [-0.3, -0.25) is 4.79 Å². The van der Waals surface area contributed by atoms with Gasteiger partial charge in [0.05, 0.1) is 7.11 Å². The summed E-state index contributed by atoms with van der Waals surface area (Å²) >= 11 is 0. The predicted molar refractivity (Wildman–Crippen MR) is 80.1 cm³/mol. The van der Waals surface area contributed by atoms with E-state index in [1.54, 1.807) is 14.0 Å². The van der Waals surface area contributed by atoms with Crippen LogP contribution in [0.1, 0.15) is 36.0 Å². The van der Waals surface area contributed by atoms with Crippen LogP contribution in [0.3, 0.4) is 0 Å². The molecule has 1 aromatic rings. The van der Waals surface area contributed by atoms with E-state index in [1.165, 1.54) is 16.7 Å². The van der Waals surface area contributed by atoms with Gasteiger partial charge >= 0.3 is 0 Å². The maximum absolute atomic E-state index is 11.5. The van der Waals surface area contributed by atoms with Gasteiger partial charge in [0.2, 0.25) is 5.91 Å². The van der Waals surface area contributed by atoms with Gasteiger partial charge in [-0.25, -0.2) is 0 Å². The van der Waals surface area contributed by atoms with Gasteiger partial charge in [0.15, 0.2) is 0 Å². The molecule has 1 fully saturated rings. The molecular formula is C16H24N2O2. The second-order valence-electron chi connectivity index (χ2n) is 5.70. The normalized spacial score (nSPS) is 22.8. The van der Waals surface area contributed by atoms with Crippen LogP contribution in [0.15, 0.2) is 12.1 Å². The zero-order chi connectivity index (χ0) is 14.9. The highest BCUT2D eigenvalue weighted by atomic mass is 16.5. The second-order valence-corrected chi connectivity index (χ2v) is 5.70. The maximum Gasteiger partial charge on any atom is 0.219 e. The van der Waals surface area contributed by atoms with E-state index in [-0.39, 0.29) is 17.9 Å². The van der Waals surface area contributed by atoms with E-state index in [1.807, 2.05) is 4.90 Å². The summed E-state index contributed by atoms with van der Waals surface area (Å²) in [7, 11) is 1.70. The van der Waals surface area contributed by atoms with Gasteiger partial charge < -0.3 is 15.4 Å². The fourth-order valence-electron chi connectivity index (χ4n) is 2.93. The monoisotopic (exact) mass is 276 g/mol. The van der Waals surface area contributed by atoms with Gasteiger partial charge in [-0.2, -0.15) is 0 Å². The third-order valence-electron chi connectivity index (χ3n) is 4.35. The van der Waals surface area contributed by atoms with E-state index in [0.717, 1.165) is 18.7 Å². The highest BCUT2D eigenvalue weighted by Gasteiger charge is 2.30. The number of nitrogens with zero attached hydrogens (tertiary/aromatic N) is 1. The Bertz CT molecular complexity index is 513. The molecule has 1 aliphatic rings. The number of methoxy groups -OCH3 is 1. The number of nitrogens with two attached hydrogens (primary N) is 1. The van der Waals surface area contributed by atoms with Gasteiger partial charge in [-0.05, 0) is 43.0 Å². The number of likely N-dealkylation sites (tertiary alicyclic amines) is 1. The Morgan fingerprint density at radius 3 is 2.55 bits per heavy atom. The van der Waals surface area contributed by atoms with Gasteiger partial charge in [0.1, 0.15) is 5.75 Å². The molecule has 1 heterocycles. The van der Waals surface area contributed by atoms with Gasteiger partial charge in [0.25, 0.3) is 0 Å². The Labute approximate surface area is 120 Å². The molecule has 20 heavy (non-hydrogen) atoms. The number of benzene rings is 1. The van der Waals surface area contributed by atoms with Crippen LogP contribution in [-0.4, -0.2) is 37.0 Å². The lowest BCUT2D eigenvalue weighted by Crippen LogP contribution is -2.49. The van der Waals surface area contributed by atoms with Crippen molar-refractivity contribution in [1.29, 1.82) is 0 Å². The minimum Gasteiger partial charge on any atom is -0.496 e. The van der Waals surface area contributed by atoms with Crippen LogP contribution in [0.4, 0.5) is 0 Å². The Morgan fingerprint density at radius 1 is 1.35 bits per heavy atom. The average molecular weight is 276 g/mol. The van der Waals surface area contributed by atoms with Crippen LogP contribution in [-0.2, 0) is 4.79 Å². The molecule has 1 aromatic carbocycles. The molecule has 4 nitrogen and oxygen atoms in total. The molecule has 4 heteroatoms. The number of rotatable bonds is 2. The lowest BCUT2D eigenvalue weighted by molar-refractivity contribution is -0.130. The first-order valence-corrected chi connectivity index (χ1v) is 7.10. The summed E-state index contributed by atoms with van der Waals surface area (Å²) in [6, 6.07) is 4.22. The minimum atomic E-state index is -0.0383. The number of amides is 1. The van der Waals surface area contributed by atoms with Crippen LogP contribution >= 0.6 is 0 Å². The van der Waals surface area contributed by atoms with Crippen molar-refractivity contribution < 1.29 is 9.53 Å². The Morgan fingerprint density at radius 2 is 2.00 bits per heavy atom. The summed E-state index contributed by atoms with van der Waals surface area (Å²) in [4.78, 5) is 13.3. The van der Waals surface area contributed by atoms with E-state index in [2.05, 4.69) is 26.0 Å².